The molecular formula is C26H27F3O3. The minimum atomic E-state index is -4.35. The van der Waals surface area contributed by atoms with Crippen LogP contribution in [0.5, 0.6) is 11.5 Å². The third kappa shape index (κ3) is 6.67. The molecule has 0 saturated heterocycles. The molecule has 0 aliphatic carbocycles. The molecule has 3 aromatic rings. The Hall–Kier alpha value is -3.15. The molecule has 0 bridgehead atoms. The van der Waals surface area contributed by atoms with Crippen LogP contribution in [0.2, 0.25) is 0 Å². The molecule has 0 radical (unpaired) electrons. The van der Waals surface area contributed by atoms with Crippen LogP contribution >= 0.6 is 0 Å². The summed E-state index contributed by atoms with van der Waals surface area (Å²) in [6, 6.07) is 14.3. The van der Waals surface area contributed by atoms with Gasteiger partial charge in [0.15, 0.2) is 0 Å². The van der Waals surface area contributed by atoms with Crippen LogP contribution in [0.15, 0.2) is 65.1 Å². The van der Waals surface area contributed by atoms with Crippen LogP contribution in [0.25, 0.3) is 17.4 Å². The van der Waals surface area contributed by atoms with Crippen molar-refractivity contribution in [1.82, 2.24) is 0 Å². The summed E-state index contributed by atoms with van der Waals surface area (Å²) < 4.78 is 55.4. The molecule has 0 aliphatic rings. The molecule has 0 unspecified atom stereocenters. The number of ether oxygens (including phenoxy) is 2. The van der Waals surface area contributed by atoms with Gasteiger partial charge in [-0.1, -0.05) is 24.3 Å². The summed E-state index contributed by atoms with van der Waals surface area (Å²) in [6.45, 7) is 8.33. The molecule has 0 fully saturated rings. The fourth-order valence-corrected chi connectivity index (χ4v) is 3.04. The van der Waals surface area contributed by atoms with E-state index in [9.17, 15) is 13.2 Å². The molecule has 3 nitrogen and oxygen atoms in total. The first-order valence-electron chi connectivity index (χ1n) is 10.4. The molecule has 0 aliphatic heterocycles. The molecule has 0 atom stereocenters. The largest absolute Gasteiger partial charge is 0.493 e. The first kappa shape index (κ1) is 23.5. The lowest BCUT2D eigenvalue weighted by Crippen LogP contribution is -2.22. The van der Waals surface area contributed by atoms with Crippen molar-refractivity contribution < 1.29 is 27.1 Å². The zero-order chi connectivity index (χ0) is 23.4. The van der Waals surface area contributed by atoms with Gasteiger partial charge in [0.05, 0.1) is 12.2 Å². The SMILES string of the molecule is Cc1oc(-c2ccc(C(F)(F)F)cc2)cc1/C=C/CCOc1ccc(OC(C)(C)C)cc1. The second-order valence-corrected chi connectivity index (χ2v) is 8.42. The molecule has 0 amide bonds. The summed E-state index contributed by atoms with van der Waals surface area (Å²) in [5, 5.41) is 0. The van der Waals surface area contributed by atoms with Crippen molar-refractivity contribution in [2.24, 2.45) is 0 Å². The van der Waals surface area contributed by atoms with Crippen LogP contribution < -0.4 is 9.47 Å². The highest BCUT2D eigenvalue weighted by Crippen LogP contribution is 2.32. The first-order chi connectivity index (χ1) is 15.0. The molecule has 2 aromatic carbocycles. The molecule has 0 N–H and O–H groups in total. The summed E-state index contributed by atoms with van der Waals surface area (Å²) in [4.78, 5) is 0. The van der Waals surface area contributed by atoms with E-state index in [1.807, 2.05) is 70.2 Å². The van der Waals surface area contributed by atoms with Crippen LogP contribution in [0.4, 0.5) is 13.2 Å². The average Bonchev–Trinajstić information content (AvgIpc) is 3.08. The summed E-state index contributed by atoms with van der Waals surface area (Å²) in [5.74, 6) is 2.80. The maximum Gasteiger partial charge on any atom is 0.416 e. The van der Waals surface area contributed by atoms with Gasteiger partial charge < -0.3 is 13.9 Å². The molecule has 0 saturated carbocycles. The van der Waals surface area contributed by atoms with E-state index in [2.05, 4.69) is 0 Å². The first-order valence-corrected chi connectivity index (χ1v) is 10.4. The van der Waals surface area contributed by atoms with E-state index < -0.39 is 11.7 Å². The van der Waals surface area contributed by atoms with E-state index in [0.29, 0.717) is 30.1 Å². The predicted molar refractivity (Wildman–Crippen MR) is 120 cm³/mol. The zero-order valence-corrected chi connectivity index (χ0v) is 18.6. The second-order valence-electron chi connectivity index (χ2n) is 8.42. The van der Waals surface area contributed by atoms with Crippen molar-refractivity contribution in [3.63, 3.8) is 0 Å². The van der Waals surface area contributed by atoms with E-state index in [0.717, 1.165) is 29.2 Å². The highest BCUT2D eigenvalue weighted by Gasteiger charge is 2.30. The molecule has 3 rings (SSSR count). The van der Waals surface area contributed by atoms with Crippen molar-refractivity contribution in [1.29, 1.82) is 0 Å². The van der Waals surface area contributed by atoms with E-state index in [4.69, 9.17) is 13.9 Å². The number of alkyl halides is 3. The monoisotopic (exact) mass is 444 g/mol. The van der Waals surface area contributed by atoms with E-state index in [-0.39, 0.29) is 5.60 Å². The van der Waals surface area contributed by atoms with Crippen LogP contribution in [0.1, 0.15) is 44.1 Å². The van der Waals surface area contributed by atoms with Crippen LogP contribution in [0.3, 0.4) is 0 Å². The van der Waals surface area contributed by atoms with Crippen molar-refractivity contribution in [3.8, 4) is 22.8 Å². The van der Waals surface area contributed by atoms with E-state index in [1.54, 1.807) is 0 Å². The maximum absolute atomic E-state index is 12.7. The Morgan fingerprint density at radius 1 is 0.906 bits per heavy atom. The van der Waals surface area contributed by atoms with Gasteiger partial charge in [0, 0.05) is 11.1 Å². The maximum atomic E-state index is 12.7. The number of halogens is 3. The van der Waals surface area contributed by atoms with Crippen molar-refractivity contribution in [2.75, 3.05) is 6.61 Å². The number of hydrogen-bond donors (Lipinski definition) is 0. The van der Waals surface area contributed by atoms with Crippen LogP contribution in [-0.4, -0.2) is 12.2 Å². The third-order valence-corrected chi connectivity index (χ3v) is 4.55. The lowest BCUT2D eigenvalue weighted by Gasteiger charge is -2.21. The number of aryl methyl sites for hydroxylation is 1. The third-order valence-electron chi connectivity index (χ3n) is 4.55. The highest BCUT2D eigenvalue weighted by molar-refractivity contribution is 5.64. The van der Waals surface area contributed by atoms with E-state index >= 15 is 0 Å². The topological polar surface area (TPSA) is 31.6 Å². The van der Waals surface area contributed by atoms with Crippen LogP contribution in [-0.2, 0) is 6.18 Å². The molecule has 32 heavy (non-hydrogen) atoms. The fourth-order valence-electron chi connectivity index (χ4n) is 3.04. The summed E-state index contributed by atoms with van der Waals surface area (Å²) in [6.07, 6.45) is 0.248. The molecule has 1 aromatic heterocycles. The molecule has 170 valence electrons. The second kappa shape index (κ2) is 9.55. The predicted octanol–water partition coefficient (Wildman–Crippen LogP) is 7.93. The van der Waals surface area contributed by atoms with Gasteiger partial charge in [0.2, 0.25) is 0 Å². The van der Waals surface area contributed by atoms with Crippen molar-refractivity contribution >= 4 is 6.08 Å². The normalized spacial score (nSPS) is 12.3. The van der Waals surface area contributed by atoms with Crippen molar-refractivity contribution in [2.45, 2.75) is 45.9 Å². The Bertz CT molecular complexity index is 1040. The lowest BCUT2D eigenvalue weighted by molar-refractivity contribution is -0.137. The minimum Gasteiger partial charge on any atom is -0.493 e. The smallest absolute Gasteiger partial charge is 0.416 e. The van der Waals surface area contributed by atoms with Crippen LogP contribution in [0, 0.1) is 6.92 Å². The number of rotatable bonds is 7. The lowest BCUT2D eigenvalue weighted by atomic mass is 10.1. The zero-order valence-electron chi connectivity index (χ0n) is 18.6. The number of hydrogen-bond acceptors (Lipinski definition) is 3. The Kier molecular flexibility index (Phi) is 7.02. The van der Waals surface area contributed by atoms with Gasteiger partial charge in [-0.15, -0.1) is 0 Å². The number of furan rings is 1. The van der Waals surface area contributed by atoms with Gasteiger partial charge in [-0.05, 0) is 76.6 Å². The molecule has 6 heteroatoms. The van der Waals surface area contributed by atoms with Crippen molar-refractivity contribution in [3.05, 3.63) is 77.6 Å². The fraction of sp³-hybridized carbons (Fsp3) is 0.308. The van der Waals surface area contributed by atoms with Gasteiger partial charge in [0.1, 0.15) is 28.6 Å². The molecular weight excluding hydrogens is 417 g/mol. The Labute approximate surface area is 186 Å². The van der Waals surface area contributed by atoms with E-state index in [1.165, 1.54) is 12.1 Å². The van der Waals surface area contributed by atoms with Gasteiger partial charge in [-0.2, -0.15) is 13.2 Å². The minimum absolute atomic E-state index is 0.245. The summed E-state index contributed by atoms with van der Waals surface area (Å²) in [7, 11) is 0. The quantitative estimate of drug-likeness (QED) is 0.347. The number of benzene rings is 2. The Morgan fingerprint density at radius 3 is 2.12 bits per heavy atom. The van der Waals surface area contributed by atoms with Gasteiger partial charge in [0.25, 0.3) is 0 Å². The standard InChI is InChI=1S/C26H27F3O3/c1-18-20(17-24(31-18)19-8-10-21(11-9-19)26(27,28)29)7-5-6-16-30-22-12-14-23(15-13-22)32-25(2,3)4/h5,7-15,17H,6,16H2,1-4H3/b7-5+. The van der Waals surface area contributed by atoms with Gasteiger partial charge >= 0.3 is 6.18 Å². The highest BCUT2D eigenvalue weighted by atomic mass is 19.4. The van der Waals surface area contributed by atoms with Gasteiger partial charge in [-0.3, -0.25) is 0 Å². The summed E-state index contributed by atoms with van der Waals surface area (Å²) >= 11 is 0. The molecule has 1 heterocycles. The average molecular weight is 444 g/mol. The molecule has 0 spiro atoms. The Morgan fingerprint density at radius 2 is 1.53 bits per heavy atom. The Balaban J connectivity index is 1.52. The summed E-state index contributed by atoms with van der Waals surface area (Å²) in [5.41, 5.74) is 0.553. The van der Waals surface area contributed by atoms with Gasteiger partial charge in [-0.25, -0.2) is 0 Å².